The summed E-state index contributed by atoms with van der Waals surface area (Å²) in [7, 11) is -1.86. The van der Waals surface area contributed by atoms with E-state index in [1.165, 1.54) is 12.4 Å². The standard InChI is InChI=1S/C12H17N5O2S/c1-3-9-4-5-10(6-11(9)13)20(18,19)15-7-12-16-14-8-17(12)2/h4-6,8,15H,3,7,13H2,1-2H3. The lowest BCUT2D eigenvalue weighted by molar-refractivity contribution is 0.577. The van der Waals surface area contributed by atoms with Crippen LogP contribution in [0.4, 0.5) is 5.69 Å². The highest BCUT2D eigenvalue weighted by atomic mass is 32.2. The molecule has 0 aliphatic rings. The van der Waals surface area contributed by atoms with Crippen molar-refractivity contribution >= 4 is 15.7 Å². The van der Waals surface area contributed by atoms with Crippen LogP contribution in [0.3, 0.4) is 0 Å². The molecule has 0 amide bonds. The number of aryl methyl sites for hydroxylation is 2. The Morgan fingerprint density at radius 3 is 2.70 bits per heavy atom. The fraction of sp³-hybridized carbons (Fsp3) is 0.333. The van der Waals surface area contributed by atoms with Crippen LogP contribution in [0.15, 0.2) is 29.4 Å². The van der Waals surface area contributed by atoms with Crippen LogP contribution < -0.4 is 10.5 Å². The van der Waals surface area contributed by atoms with E-state index in [-0.39, 0.29) is 11.4 Å². The van der Waals surface area contributed by atoms with Crippen molar-refractivity contribution in [2.45, 2.75) is 24.8 Å². The van der Waals surface area contributed by atoms with E-state index in [1.54, 1.807) is 23.7 Å². The molecule has 1 heterocycles. The number of nitrogen functional groups attached to an aromatic ring is 1. The van der Waals surface area contributed by atoms with Crippen molar-refractivity contribution in [2.75, 3.05) is 5.73 Å². The average Bonchev–Trinajstić information content (AvgIpc) is 2.82. The van der Waals surface area contributed by atoms with E-state index in [1.807, 2.05) is 6.92 Å². The average molecular weight is 295 g/mol. The maximum absolute atomic E-state index is 12.2. The second-order valence-corrected chi connectivity index (χ2v) is 6.16. The summed E-state index contributed by atoms with van der Waals surface area (Å²) >= 11 is 0. The number of benzene rings is 1. The van der Waals surface area contributed by atoms with Crippen molar-refractivity contribution in [3.8, 4) is 0 Å². The summed E-state index contributed by atoms with van der Waals surface area (Å²) in [6.07, 6.45) is 2.27. The number of rotatable bonds is 5. The topological polar surface area (TPSA) is 103 Å². The van der Waals surface area contributed by atoms with Crippen molar-refractivity contribution < 1.29 is 8.42 Å². The summed E-state index contributed by atoms with van der Waals surface area (Å²) in [5.41, 5.74) is 7.23. The highest BCUT2D eigenvalue weighted by Crippen LogP contribution is 2.18. The Morgan fingerprint density at radius 1 is 1.40 bits per heavy atom. The van der Waals surface area contributed by atoms with Gasteiger partial charge in [0.1, 0.15) is 12.2 Å². The Labute approximate surface area is 117 Å². The quantitative estimate of drug-likeness (QED) is 0.779. The van der Waals surface area contributed by atoms with E-state index in [9.17, 15) is 8.42 Å². The molecule has 8 heteroatoms. The molecule has 2 aromatic rings. The largest absolute Gasteiger partial charge is 0.398 e. The zero-order chi connectivity index (χ0) is 14.8. The van der Waals surface area contributed by atoms with Crippen molar-refractivity contribution in [2.24, 2.45) is 7.05 Å². The molecule has 0 bridgehead atoms. The number of nitrogens with one attached hydrogen (secondary N) is 1. The number of hydrogen-bond acceptors (Lipinski definition) is 5. The molecular weight excluding hydrogens is 278 g/mol. The van der Waals surface area contributed by atoms with Gasteiger partial charge in [-0.2, -0.15) is 0 Å². The van der Waals surface area contributed by atoms with Crippen LogP contribution in [0, 0.1) is 0 Å². The molecule has 0 atom stereocenters. The second kappa shape index (κ2) is 5.59. The number of anilines is 1. The zero-order valence-corrected chi connectivity index (χ0v) is 12.2. The number of hydrogen-bond donors (Lipinski definition) is 2. The Bertz CT molecular complexity index is 708. The fourth-order valence-electron chi connectivity index (χ4n) is 1.77. The molecule has 1 aromatic heterocycles. The van der Waals surface area contributed by atoms with Crippen LogP contribution in [-0.2, 0) is 30.0 Å². The molecule has 20 heavy (non-hydrogen) atoms. The van der Waals surface area contributed by atoms with Gasteiger partial charge in [0.2, 0.25) is 10.0 Å². The molecule has 0 aliphatic carbocycles. The highest BCUT2D eigenvalue weighted by Gasteiger charge is 2.16. The molecule has 108 valence electrons. The molecule has 0 saturated heterocycles. The first kappa shape index (κ1) is 14.5. The summed E-state index contributed by atoms with van der Waals surface area (Å²) < 4.78 is 28.5. The SMILES string of the molecule is CCc1ccc(S(=O)(=O)NCc2nncn2C)cc1N. The molecule has 0 fully saturated rings. The third-order valence-corrected chi connectivity index (χ3v) is 4.43. The molecule has 0 unspecified atom stereocenters. The molecule has 0 aliphatic heterocycles. The van der Waals surface area contributed by atoms with Gasteiger partial charge in [0.25, 0.3) is 0 Å². The lowest BCUT2D eigenvalue weighted by atomic mass is 10.1. The van der Waals surface area contributed by atoms with Crippen LogP contribution in [0.25, 0.3) is 0 Å². The van der Waals surface area contributed by atoms with Gasteiger partial charge in [-0.05, 0) is 24.1 Å². The second-order valence-electron chi connectivity index (χ2n) is 4.40. The first-order valence-electron chi connectivity index (χ1n) is 6.15. The minimum Gasteiger partial charge on any atom is -0.398 e. The summed E-state index contributed by atoms with van der Waals surface area (Å²) in [5, 5.41) is 7.51. The van der Waals surface area contributed by atoms with Gasteiger partial charge >= 0.3 is 0 Å². The third-order valence-electron chi connectivity index (χ3n) is 3.03. The zero-order valence-electron chi connectivity index (χ0n) is 11.4. The molecule has 0 saturated carbocycles. The van der Waals surface area contributed by atoms with E-state index in [2.05, 4.69) is 14.9 Å². The normalized spacial score (nSPS) is 11.7. The molecule has 2 rings (SSSR count). The number of aromatic nitrogens is 3. The third kappa shape index (κ3) is 2.97. The number of sulfonamides is 1. The van der Waals surface area contributed by atoms with Gasteiger partial charge in [-0.15, -0.1) is 10.2 Å². The van der Waals surface area contributed by atoms with Crippen molar-refractivity contribution in [3.05, 3.63) is 35.9 Å². The molecule has 0 radical (unpaired) electrons. The molecule has 7 nitrogen and oxygen atoms in total. The molecular formula is C12H17N5O2S. The van der Waals surface area contributed by atoms with Crippen LogP contribution >= 0.6 is 0 Å². The van der Waals surface area contributed by atoms with E-state index in [0.717, 1.165) is 12.0 Å². The van der Waals surface area contributed by atoms with E-state index >= 15 is 0 Å². The molecule has 3 N–H and O–H groups in total. The van der Waals surface area contributed by atoms with Gasteiger partial charge in [-0.1, -0.05) is 13.0 Å². The minimum absolute atomic E-state index is 0.0776. The summed E-state index contributed by atoms with van der Waals surface area (Å²) in [5.74, 6) is 0.534. The van der Waals surface area contributed by atoms with Crippen LogP contribution in [0.1, 0.15) is 18.3 Å². The van der Waals surface area contributed by atoms with Crippen molar-refractivity contribution in [1.29, 1.82) is 0 Å². The van der Waals surface area contributed by atoms with Gasteiger partial charge in [-0.25, -0.2) is 13.1 Å². The summed E-state index contributed by atoms with van der Waals surface area (Å²) in [4.78, 5) is 0.148. The molecule has 0 spiro atoms. The van der Waals surface area contributed by atoms with Crippen molar-refractivity contribution in [3.63, 3.8) is 0 Å². The van der Waals surface area contributed by atoms with E-state index in [4.69, 9.17) is 5.73 Å². The minimum atomic E-state index is -3.61. The smallest absolute Gasteiger partial charge is 0.241 e. The Hall–Kier alpha value is -1.93. The fourth-order valence-corrected chi connectivity index (χ4v) is 2.79. The van der Waals surface area contributed by atoms with E-state index in [0.29, 0.717) is 11.5 Å². The lowest BCUT2D eigenvalue weighted by Crippen LogP contribution is -2.25. The Balaban J connectivity index is 2.18. The highest BCUT2D eigenvalue weighted by molar-refractivity contribution is 7.89. The lowest BCUT2D eigenvalue weighted by Gasteiger charge is -2.09. The first-order chi connectivity index (χ1) is 9.44. The summed E-state index contributed by atoms with van der Waals surface area (Å²) in [6.45, 7) is 2.04. The van der Waals surface area contributed by atoms with Gasteiger partial charge in [0.15, 0.2) is 0 Å². The summed E-state index contributed by atoms with van der Waals surface area (Å²) in [6, 6.07) is 4.75. The maximum atomic E-state index is 12.2. The first-order valence-corrected chi connectivity index (χ1v) is 7.63. The molecule has 1 aromatic carbocycles. The van der Waals surface area contributed by atoms with Crippen LogP contribution in [0.5, 0.6) is 0 Å². The number of nitrogens with zero attached hydrogens (tertiary/aromatic N) is 3. The van der Waals surface area contributed by atoms with Crippen molar-refractivity contribution in [1.82, 2.24) is 19.5 Å². The monoisotopic (exact) mass is 295 g/mol. The maximum Gasteiger partial charge on any atom is 0.241 e. The predicted molar refractivity (Wildman–Crippen MR) is 75.3 cm³/mol. The van der Waals surface area contributed by atoms with Gasteiger partial charge in [-0.3, -0.25) is 0 Å². The predicted octanol–water partition coefficient (Wildman–Crippen LogP) is 0.438. The number of nitrogens with two attached hydrogens (primary N) is 1. The van der Waals surface area contributed by atoms with Gasteiger partial charge < -0.3 is 10.3 Å². The van der Waals surface area contributed by atoms with Gasteiger partial charge in [0.05, 0.1) is 11.4 Å². The van der Waals surface area contributed by atoms with Gasteiger partial charge in [0, 0.05) is 12.7 Å². The Morgan fingerprint density at radius 2 is 2.15 bits per heavy atom. The Kier molecular flexibility index (Phi) is 4.05. The van der Waals surface area contributed by atoms with E-state index < -0.39 is 10.0 Å². The van der Waals surface area contributed by atoms with Crippen LogP contribution in [-0.4, -0.2) is 23.2 Å². The van der Waals surface area contributed by atoms with Crippen LogP contribution in [0.2, 0.25) is 0 Å².